The number of carbonyl (C=O) groups excluding carboxylic acids is 1. The lowest BCUT2D eigenvalue weighted by Crippen LogP contribution is -2.42. The fourth-order valence-corrected chi connectivity index (χ4v) is 1.76. The minimum absolute atomic E-state index is 0.0107. The highest BCUT2D eigenvalue weighted by Crippen LogP contribution is 2.17. The van der Waals surface area contributed by atoms with Gasteiger partial charge in [-0.1, -0.05) is 0 Å². The Morgan fingerprint density at radius 3 is 2.35 bits per heavy atom. The molecule has 0 aliphatic rings. The van der Waals surface area contributed by atoms with Crippen LogP contribution in [-0.4, -0.2) is 43.2 Å². The number of aliphatic carboxylic acids is 1. The first-order valence-corrected chi connectivity index (χ1v) is 6.99. The van der Waals surface area contributed by atoms with Crippen molar-refractivity contribution in [1.82, 2.24) is 5.32 Å². The first-order chi connectivity index (χ1) is 10.9. The second kappa shape index (κ2) is 9.60. The molecule has 23 heavy (non-hydrogen) atoms. The lowest BCUT2D eigenvalue weighted by molar-refractivity contribution is -0.143. The highest BCUT2D eigenvalue weighted by atomic mass is 19.3. The quantitative estimate of drug-likeness (QED) is 0.641. The van der Waals surface area contributed by atoms with E-state index in [0.29, 0.717) is 17.9 Å². The van der Waals surface area contributed by atoms with E-state index >= 15 is 0 Å². The van der Waals surface area contributed by atoms with Gasteiger partial charge in [0.1, 0.15) is 17.5 Å². The number of halogens is 2. The van der Waals surface area contributed by atoms with Gasteiger partial charge in [0.25, 0.3) is 0 Å². The van der Waals surface area contributed by atoms with E-state index in [2.05, 4.69) is 5.32 Å². The van der Waals surface area contributed by atoms with Gasteiger partial charge in [0.15, 0.2) is 0 Å². The third kappa shape index (κ3) is 7.44. The lowest BCUT2D eigenvalue weighted by atomic mass is 10.2. The first kappa shape index (κ1) is 18.7. The van der Waals surface area contributed by atoms with E-state index in [1.165, 1.54) is 0 Å². The predicted octanol–water partition coefficient (Wildman–Crippen LogP) is 2.08. The van der Waals surface area contributed by atoms with Crippen LogP contribution in [0, 0.1) is 0 Å². The van der Waals surface area contributed by atoms with Gasteiger partial charge in [-0.3, -0.25) is 4.79 Å². The van der Waals surface area contributed by atoms with Crippen LogP contribution >= 0.6 is 0 Å². The molecule has 1 amide bonds. The molecule has 1 unspecified atom stereocenters. The molecule has 0 aliphatic heterocycles. The van der Waals surface area contributed by atoms with E-state index < -0.39 is 30.8 Å². The molecule has 0 saturated carbocycles. The number of benzene rings is 1. The fraction of sp³-hybridized carbons (Fsp3) is 0.467. The molecule has 1 atom stereocenters. The van der Waals surface area contributed by atoms with Crippen molar-refractivity contribution in [3.8, 4) is 11.5 Å². The van der Waals surface area contributed by atoms with Crippen LogP contribution in [-0.2, 0) is 9.59 Å². The molecule has 0 spiro atoms. The van der Waals surface area contributed by atoms with Crippen molar-refractivity contribution in [2.75, 3.05) is 13.7 Å². The molecule has 128 valence electrons. The minimum Gasteiger partial charge on any atom is -0.497 e. The number of nitrogens with one attached hydrogen (secondary N) is 1. The third-order valence-electron chi connectivity index (χ3n) is 2.92. The molecule has 6 nitrogen and oxygen atoms in total. The summed E-state index contributed by atoms with van der Waals surface area (Å²) in [5.41, 5.74) is 0. The van der Waals surface area contributed by atoms with Gasteiger partial charge in [-0.15, -0.1) is 0 Å². The standard InChI is InChI=1S/C15H19F2NO5/c1-22-10-4-6-11(7-5-10)23-8-2-3-14(19)18-12(15(20)21)9-13(16)17/h4-7,12-13H,2-3,8-9H2,1H3,(H,18,19)(H,20,21). The fourth-order valence-electron chi connectivity index (χ4n) is 1.76. The number of alkyl halides is 2. The van der Waals surface area contributed by atoms with Gasteiger partial charge in [0.2, 0.25) is 12.3 Å². The molecule has 1 rings (SSSR count). The van der Waals surface area contributed by atoms with Gasteiger partial charge in [0.05, 0.1) is 13.7 Å². The second-order valence-electron chi connectivity index (χ2n) is 4.71. The average molecular weight is 331 g/mol. The molecule has 0 radical (unpaired) electrons. The van der Waals surface area contributed by atoms with Crippen LogP contribution < -0.4 is 14.8 Å². The van der Waals surface area contributed by atoms with Crippen LogP contribution in [0.15, 0.2) is 24.3 Å². The molecule has 0 fully saturated rings. The summed E-state index contributed by atoms with van der Waals surface area (Å²) >= 11 is 0. The SMILES string of the molecule is COc1ccc(OCCCC(=O)NC(CC(F)F)C(=O)O)cc1. The molecule has 8 heteroatoms. The molecule has 1 aromatic carbocycles. The molecule has 0 heterocycles. The van der Waals surface area contributed by atoms with Gasteiger partial charge < -0.3 is 19.9 Å². The van der Waals surface area contributed by atoms with Crippen molar-refractivity contribution in [1.29, 1.82) is 0 Å². The van der Waals surface area contributed by atoms with Gasteiger partial charge in [-0.05, 0) is 30.7 Å². The highest BCUT2D eigenvalue weighted by molar-refractivity contribution is 5.83. The van der Waals surface area contributed by atoms with Crippen molar-refractivity contribution >= 4 is 11.9 Å². The number of hydrogen-bond donors (Lipinski definition) is 2. The normalized spacial score (nSPS) is 11.8. The van der Waals surface area contributed by atoms with E-state index in [0.717, 1.165) is 0 Å². The van der Waals surface area contributed by atoms with Crippen LogP contribution in [0.1, 0.15) is 19.3 Å². The summed E-state index contributed by atoms with van der Waals surface area (Å²) in [6, 6.07) is 5.29. The van der Waals surface area contributed by atoms with Crippen LogP contribution in [0.4, 0.5) is 8.78 Å². The van der Waals surface area contributed by atoms with E-state index in [-0.39, 0.29) is 13.0 Å². The number of rotatable bonds is 10. The van der Waals surface area contributed by atoms with Gasteiger partial charge in [-0.25, -0.2) is 13.6 Å². The zero-order chi connectivity index (χ0) is 17.2. The maximum atomic E-state index is 12.2. The predicted molar refractivity (Wildman–Crippen MR) is 77.9 cm³/mol. The number of carboxylic acids is 1. The molecule has 0 aromatic heterocycles. The molecule has 2 N–H and O–H groups in total. The van der Waals surface area contributed by atoms with E-state index in [1.807, 2.05) is 0 Å². The Hall–Kier alpha value is -2.38. The molecule has 0 bridgehead atoms. The summed E-state index contributed by atoms with van der Waals surface area (Å²) in [5.74, 6) is -0.785. The summed E-state index contributed by atoms with van der Waals surface area (Å²) in [5, 5.41) is 10.8. The Labute approximate surface area is 132 Å². The Morgan fingerprint density at radius 2 is 1.83 bits per heavy atom. The number of methoxy groups -OCH3 is 1. The Bertz CT molecular complexity index is 507. The summed E-state index contributed by atoms with van der Waals surface area (Å²) in [6.07, 6.45) is -3.39. The van der Waals surface area contributed by atoms with Gasteiger partial charge in [0, 0.05) is 12.8 Å². The Morgan fingerprint density at radius 1 is 1.22 bits per heavy atom. The van der Waals surface area contributed by atoms with Crippen molar-refractivity contribution in [3.63, 3.8) is 0 Å². The number of amides is 1. The molecule has 1 aromatic rings. The van der Waals surface area contributed by atoms with Crippen molar-refractivity contribution in [2.45, 2.75) is 31.7 Å². The van der Waals surface area contributed by atoms with E-state index in [1.54, 1.807) is 31.4 Å². The molecular formula is C15H19F2NO5. The van der Waals surface area contributed by atoms with Crippen molar-refractivity contribution < 1.29 is 33.0 Å². The number of ether oxygens (including phenoxy) is 2. The zero-order valence-electron chi connectivity index (χ0n) is 12.6. The maximum absolute atomic E-state index is 12.2. The summed E-state index contributed by atoms with van der Waals surface area (Å²) in [4.78, 5) is 22.3. The highest BCUT2D eigenvalue weighted by Gasteiger charge is 2.23. The van der Waals surface area contributed by atoms with Gasteiger partial charge >= 0.3 is 5.97 Å². The summed E-state index contributed by atoms with van der Waals surface area (Å²) in [6.45, 7) is 0.242. The van der Waals surface area contributed by atoms with Crippen LogP contribution in [0.25, 0.3) is 0 Å². The summed E-state index contributed by atoms with van der Waals surface area (Å²) < 4.78 is 34.8. The topological polar surface area (TPSA) is 84.9 Å². The smallest absolute Gasteiger partial charge is 0.326 e. The Kier molecular flexibility index (Phi) is 7.79. The number of carbonyl (C=O) groups is 2. The average Bonchev–Trinajstić information content (AvgIpc) is 2.51. The molecule has 0 saturated heterocycles. The van der Waals surface area contributed by atoms with Crippen LogP contribution in [0.2, 0.25) is 0 Å². The maximum Gasteiger partial charge on any atom is 0.326 e. The van der Waals surface area contributed by atoms with Crippen LogP contribution in [0.5, 0.6) is 11.5 Å². The monoisotopic (exact) mass is 331 g/mol. The van der Waals surface area contributed by atoms with E-state index in [9.17, 15) is 18.4 Å². The zero-order valence-corrected chi connectivity index (χ0v) is 12.6. The lowest BCUT2D eigenvalue weighted by Gasteiger charge is -2.14. The second-order valence-corrected chi connectivity index (χ2v) is 4.71. The molecular weight excluding hydrogens is 312 g/mol. The van der Waals surface area contributed by atoms with E-state index in [4.69, 9.17) is 14.6 Å². The van der Waals surface area contributed by atoms with Gasteiger partial charge in [-0.2, -0.15) is 0 Å². The van der Waals surface area contributed by atoms with Crippen molar-refractivity contribution in [2.24, 2.45) is 0 Å². The van der Waals surface area contributed by atoms with Crippen molar-refractivity contribution in [3.05, 3.63) is 24.3 Å². The largest absolute Gasteiger partial charge is 0.497 e. The van der Waals surface area contributed by atoms with Crippen LogP contribution in [0.3, 0.4) is 0 Å². The minimum atomic E-state index is -2.80. The Balaban J connectivity index is 2.28. The number of carboxylic acid groups (broad SMARTS) is 1. The first-order valence-electron chi connectivity index (χ1n) is 6.99. The summed E-state index contributed by atoms with van der Waals surface area (Å²) in [7, 11) is 1.55. The number of hydrogen-bond acceptors (Lipinski definition) is 4. The third-order valence-corrected chi connectivity index (χ3v) is 2.92. The molecule has 0 aliphatic carbocycles.